The molecular formula is C15H17NO2. The van der Waals surface area contributed by atoms with Gasteiger partial charge in [0.2, 0.25) is 0 Å². The molecule has 18 heavy (non-hydrogen) atoms. The van der Waals surface area contributed by atoms with Crippen molar-refractivity contribution in [3.05, 3.63) is 42.1 Å². The SMILES string of the molecule is CC(C)C(C)(C(=O)O)c1ccc2ccccc2n1. The Kier molecular flexibility index (Phi) is 3.07. The number of carboxylic acids is 1. The van der Waals surface area contributed by atoms with Crippen LogP contribution in [0.15, 0.2) is 36.4 Å². The fourth-order valence-electron chi connectivity index (χ4n) is 2.01. The molecule has 0 amide bonds. The van der Waals surface area contributed by atoms with Gasteiger partial charge in [0.1, 0.15) is 5.41 Å². The molecule has 1 N–H and O–H groups in total. The summed E-state index contributed by atoms with van der Waals surface area (Å²) in [4.78, 5) is 16.1. The van der Waals surface area contributed by atoms with Crippen LogP contribution in [0.25, 0.3) is 10.9 Å². The second kappa shape index (κ2) is 4.41. The van der Waals surface area contributed by atoms with Crippen LogP contribution in [0.1, 0.15) is 26.5 Å². The van der Waals surface area contributed by atoms with Gasteiger partial charge < -0.3 is 5.11 Å². The molecule has 1 aromatic heterocycles. The highest BCUT2D eigenvalue weighted by Gasteiger charge is 2.39. The normalized spacial score (nSPS) is 14.7. The van der Waals surface area contributed by atoms with Gasteiger partial charge in [-0.05, 0) is 25.0 Å². The van der Waals surface area contributed by atoms with Gasteiger partial charge in [0.05, 0.1) is 11.2 Å². The third kappa shape index (κ3) is 1.86. The zero-order chi connectivity index (χ0) is 13.3. The van der Waals surface area contributed by atoms with E-state index in [0.717, 1.165) is 10.9 Å². The fourth-order valence-corrected chi connectivity index (χ4v) is 2.01. The summed E-state index contributed by atoms with van der Waals surface area (Å²) >= 11 is 0. The van der Waals surface area contributed by atoms with E-state index in [1.54, 1.807) is 6.92 Å². The zero-order valence-electron chi connectivity index (χ0n) is 10.8. The number of carboxylic acid groups (broad SMARTS) is 1. The predicted octanol–water partition coefficient (Wildman–Crippen LogP) is 3.23. The summed E-state index contributed by atoms with van der Waals surface area (Å²) in [6, 6.07) is 11.5. The van der Waals surface area contributed by atoms with E-state index >= 15 is 0 Å². The highest BCUT2D eigenvalue weighted by molar-refractivity contribution is 5.83. The smallest absolute Gasteiger partial charge is 0.315 e. The number of pyridine rings is 1. The van der Waals surface area contributed by atoms with E-state index in [-0.39, 0.29) is 5.92 Å². The predicted molar refractivity (Wildman–Crippen MR) is 71.6 cm³/mol. The lowest BCUT2D eigenvalue weighted by Crippen LogP contribution is -2.38. The van der Waals surface area contributed by atoms with Crippen molar-refractivity contribution in [2.45, 2.75) is 26.2 Å². The van der Waals surface area contributed by atoms with E-state index in [1.807, 2.05) is 50.2 Å². The van der Waals surface area contributed by atoms with Gasteiger partial charge in [-0.25, -0.2) is 0 Å². The standard InChI is InChI=1S/C15H17NO2/c1-10(2)15(3,14(17)18)13-9-8-11-6-4-5-7-12(11)16-13/h4-10H,1-3H3,(H,17,18). The molecular weight excluding hydrogens is 226 g/mol. The third-order valence-corrected chi connectivity index (χ3v) is 3.73. The van der Waals surface area contributed by atoms with Crippen LogP contribution in [0.2, 0.25) is 0 Å². The Morgan fingerprint density at radius 3 is 2.50 bits per heavy atom. The topological polar surface area (TPSA) is 50.2 Å². The minimum Gasteiger partial charge on any atom is -0.481 e. The number of aliphatic carboxylic acids is 1. The monoisotopic (exact) mass is 243 g/mol. The number of hydrogen-bond donors (Lipinski definition) is 1. The first-order chi connectivity index (χ1) is 8.46. The summed E-state index contributed by atoms with van der Waals surface area (Å²) in [5.74, 6) is -0.857. The maximum absolute atomic E-state index is 11.6. The van der Waals surface area contributed by atoms with Crippen molar-refractivity contribution in [1.82, 2.24) is 4.98 Å². The molecule has 0 saturated carbocycles. The summed E-state index contributed by atoms with van der Waals surface area (Å²) in [7, 11) is 0. The Morgan fingerprint density at radius 1 is 1.22 bits per heavy atom. The summed E-state index contributed by atoms with van der Waals surface area (Å²) in [6.45, 7) is 5.55. The van der Waals surface area contributed by atoms with Crippen LogP contribution in [-0.2, 0) is 10.2 Å². The van der Waals surface area contributed by atoms with Crippen LogP contribution in [-0.4, -0.2) is 16.1 Å². The lowest BCUT2D eigenvalue weighted by atomic mass is 9.76. The summed E-state index contributed by atoms with van der Waals surface area (Å²) in [5, 5.41) is 10.5. The molecule has 3 nitrogen and oxygen atoms in total. The first kappa shape index (κ1) is 12.6. The molecule has 1 heterocycles. The zero-order valence-corrected chi connectivity index (χ0v) is 10.8. The fraction of sp³-hybridized carbons (Fsp3) is 0.333. The Bertz CT molecular complexity index is 592. The average molecular weight is 243 g/mol. The second-order valence-electron chi connectivity index (χ2n) is 5.05. The number of aromatic nitrogens is 1. The van der Waals surface area contributed by atoms with Gasteiger partial charge in [0.15, 0.2) is 0 Å². The summed E-state index contributed by atoms with van der Waals surface area (Å²) in [6.07, 6.45) is 0. The lowest BCUT2D eigenvalue weighted by Gasteiger charge is -2.28. The lowest BCUT2D eigenvalue weighted by molar-refractivity contribution is -0.145. The van der Waals surface area contributed by atoms with E-state index in [4.69, 9.17) is 0 Å². The summed E-state index contributed by atoms with van der Waals surface area (Å²) in [5.41, 5.74) is 0.496. The van der Waals surface area contributed by atoms with Crippen LogP contribution in [0.3, 0.4) is 0 Å². The van der Waals surface area contributed by atoms with Gasteiger partial charge in [-0.1, -0.05) is 38.1 Å². The van der Waals surface area contributed by atoms with E-state index in [0.29, 0.717) is 5.69 Å². The molecule has 0 aliphatic carbocycles. The van der Waals surface area contributed by atoms with Gasteiger partial charge in [-0.2, -0.15) is 0 Å². The molecule has 0 bridgehead atoms. The molecule has 0 aliphatic rings. The summed E-state index contributed by atoms with van der Waals surface area (Å²) < 4.78 is 0. The number of para-hydroxylation sites is 1. The minimum absolute atomic E-state index is 0.0244. The molecule has 1 atom stereocenters. The van der Waals surface area contributed by atoms with Crippen LogP contribution < -0.4 is 0 Å². The second-order valence-corrected chi connectivity index (χ2v) is 5.05. The van der Waals surface area contributed by atoms with Crippen molar-refractivity contribution < 1.29 is 9.90 Å². The van der Waals surface area contributed by atoms with Gasteiger partial charge in [0.25, 0.3) is 0 Å². The van der Waals surface area contributed by atoms with Gasteiger partial charge in [-0.3, -0.25) is 9.78 Å². The number of rotatable bonds is 3. The highest BCUT2D eigenvalue weighted by Crippen LogP contribution is 2.32. The van der Waals surface area contributed by atoms with Crippen LogP contribution >= 0.6 is 0 Å². The molecule has 2 aromatic rings. The quantitative estimate of drug-likeness (QED) is 0.900. The van der Waals surface area contributed by atoms with Crippen LogP contribution in [0, 0.1) is 5.92 Å². The van der Waals surface area contributed by atoms with Crippen molar-refractivity contribution in [1.29, 1.82) is 0 Å². The van der Waals surface area contributed by atoms with Gasteiger partial charge in [0, 0.05) is 5.39 Å². The molecule has 0 spiro atoms. The van der Waals surface area contributed by atoms with Crippen LogP contribution in [0.4, 0.5) is 0 Å². The average Bonchev–Trinajstić information content (AvgIpc) is 2.36. The molecule has 1 aromatic carbocycles. The molecule has 0 radical (unpaired) electrons. The molecule has 0 aliphatic heterocycles. The van der Waals surface area contributed by atoms with Crippen molar-refractivity contribution in [2.24, 2.45) is 5.92 Å². The maximum Gasteiger partial charge on any atom is 0.315 e. The first-order valence-corrected chi connectivity index (χ1v) is 6.06. The Labute approximate surface area is 106 Å². The largest absolute Gasteiger partial charge is 0.481 e. The molecule has 3 heteroatoms. The molecule has 0 fully saturated rings. The molecule has 2 rings (SSSR count). The Balaban J connectivity index is 2.62. The number of fused-ring (bicyclic) bond motifs is 1. The highest BCUT2D eigenvalue weighted by atomic mass is 16.4. The van der Waals surface area contributed by atoms with Gasteiger partial charge in [-0.15, -0.1) is 0 Å². The number of nitrogens with zero attached hydrogens (tertiary/aromatic N) is 1. The van der Waals surface area contributed by atoms with E-state index < -0.39 is 11.4 Å². The molecule has 94 valence electrons. The van der Waals surface area contributed by atoms with Gasteiger partial charge >= 0.3 is 5.97 Å². The molecule has 0 saturated heterocycles. The minimum atomic E-state index is -0.954. The first-order valence-electron chi connectivity index (χ1n) is 6.06. The number of hydrogen-bond acceptors (Lipinski definition) is 2. The van der Waals surface area contributed by atoms with Crippen molar-refractivity contribution in [2.75, 3.05) is 0 Å². The Hall–Kier alpha value is -1.90. The third-order valence-electron chi connectivity index (χ3n) is 3.73. The number of benzene rings is 1. The van der Waals surface area contributed by atoms with E-state index in [2.05, 4.69) is 4.98 Å². The van der Waals surface area contributed by atoms with Crippen LogP contribution in [0.5, 0.6) is 0 Å². The van der Waals surface area contributed by atoms with E-state index in [1.165, 1.54) is 0 Å². The molecule has 1 unspecified atom stereocenters. The Morgan fingerprint density at radius 2 is 1.89 bits per heavy atom. The number of carbonyl (C=O) groups is 1. The van der Waals surface area contributed by atoms with E-state index in [9.17, 15) is 9.90 Å². The van der Waals surface area contributed by atoms with Crippen molar-refractivity contribution >= 4 is 16.9 Å². The van der Waals surface area contributed by atoms with Crippen molar-refractivity contribution in [3.63, 3.8) is 0 Å². The van der Waals surface area contributed by atoms with Crippen molar-refractivity contribution in [3.8, 4) is 0 Å². The maximum atomic E-state index is 11.6.